The van der Waals surface area contributed by atoms with Crippen molar-refractivity contribution in [3.63, 3.8) is 0 Å². The van der Waals surface area contributed by atoms with Crippen molar-refractivity contribution in [3.05, 3.63) is 100 Å². The van der Waals surface area contributed by atoms with Gasteiger partial charge in [-0.1, -0.05) is 44.5 Å². The van der Waals surface area contributed by atoms with E-state index in [1.54, 1.807) is 29.8 Å². The summed E-state index contributed by atoms with van der Waals surface area (Å²) in [5, 5.41) is 17.5. The molecule has 5 aliphatic rings. The zero-order valence-electron chi connectivity index (χ0n) is 36.9. The fraction of sp³-hybridized carbons (Fsp3) is 0.480. The van der Waals surface area contributed by atoms with Gasteiger partial charge in [0.15, 0.2) is 0 Å². The van der Waals surface area contributed by atoms with Gasteiger partial charge < -0.3 is 29.8 Å². The lowest BCUT2D eigenvalue weighted by Crippen LogP contribution is -2.63. The average molecular weight is 888 g/mol. The Morgan fingerprint density at radius 2 is 1.84 bits per heavy atom. The van der Waals surface area contributed by atoms with E-state index in [1.165, 1.54) is 37.2 Å². The second-order valence-corrected chi connectivity index (χ2v) is 20.5. The molecule has 1 amide bonds. The number of ether oxygens (including phenoxy) is 2. The van der Waals surface area contributed by atoms with Crippen molar-refractivity contribution < 1.29 is 23.8 Å². The molecule has 4 N–H and O–H groups in total. The molecule has 3 aliphatic heterocycles. The zero-order chi connectivity index (χ0) is 44.2. The minimum absolute atomic E-state index is 0.00350. The average Bonchev–Trinajstić information content (AvgIpc) is 3.93. The first-order valence-corrected chi connectivity index (χ1v) is 23.9. The number of rotatable bonds is 11. The van der Waals surface area contributed by atoms with Crippen LogP contribution in [0.15, 0.2) is 83.1 Å². The molecule has 64 heavy (non-hydrogen) atoms. The van der Waals surface area contributed by atoms with Gasteiger partial charge in [-0.15, -0.1) is 4.91 Å². The zero-order valence-corrected chi connectivity index (χ0v) is 37.7. The summed E-state index contributed by atoms with van der Waals surface area (Å²) in [6.45, 7) is 11.0. The van der Waals surface area contributed by atoms with Crippen LogP contribution in [0, 0.1) is 22.1 Å². The summed E-state index contributed by atoms with van der Waals surface area (Å²) in [5.41, 5.74) is 5.10. The van der Waals surface area contributed by atoms with Gasteiger partial charge >= 0.3 is 0 Å². The van der Waals surface area contributed by atoms with Crippen molar-refractivity contribution in [1.29, 1.82) is 0 Å². The molecule has 0 bridgehead atoms. The maximum Gasteiger partial charge on any atom is 0.265 e. The van der Waals surface area contributed by atoms with Crippen LogP contribution in [0.3, 0.4) is 0 Å². The molecular formula is C50H58FN7O5S. The van der Waals surface area contributed by atoms with Crippen LogP contribution in [0.25, 0.3) is 11.0 Å². The number of anilines is 2. The number of benzene rings is 3. The molecule has 1 spiro atoms. The minimum atomic E-state index is -0.643. The molecule has 4 fully saturated rings. The van der Waals surface area contributed by atoms with Gasteiger partial charge in [0, 0.05) is 55.1 Å². The first kappa shape index (κ1) is 42.8. The lowest BCUT2D eigenvalue weighted by Gasteiger charge is -2.57. The Hall–Kier alpha value is -5.18. The molecule has 10 rings (SSSR count). The van der Waals surface area contributed by atoms with Crippen LogP contribution in [0.1, 0.15) is 112 Å². The predicted octanol–water partition coefficient (Wildman–Crippen LogP) is 10.8. The van der Waals surface area contributed by atoms with Crippen LogP contribution < -0.4 is 24.4 Å². The predicted molar refractivity (Wildman–Crippen MR) is 250 cm³/mol. The van der Waals surface area contributed by atoms with E-state index in [0.717, 1.165) is 82.3 Å². The number of aromatic amines is 1. The second-order valence-electron chi connectivity index (χ2n) is 19.6. The lowest BCUT2D eigenvalue weighted by molar-refractivity contribution is -0.0493. The number of nitrogens with zero attached hydrogens (tertiary/aromatic N) is 4. The van der Waals surface area contributed by atoms with Gasteiger partial charge in [-0.05, 0) is 140 Å². The third kappa shape index (κ3) is 8.44. The van der Waals surface area contributed by atoms with E-state index in [4.69, 9.17) is 9.47 Å². The van der Waals surface area contributed by atoms with Crippen LogP contribution in [0.2, 0.25) is 0 Å². The number of aromatic nitrogens is 2. The van der Waals surface area contributed by atoms with Crippen molar-refractivity contribution in [2.75, 3.05) is 43.0 Å². The summed E-state index contributed by atoms with van der Waals surface area (Å²) in [6.07, 6.45) is 11.9. The van der Waals surface area contributed by atoms with Crippen LogP contribution in [0.5, 0.6) is 17.2 Å². The van der Waals surface area contributed by atoms with E-state index in [9.17, 15) is 19.2 Å². The molecule has 3 aromatic carbocycles. The third-order valence-corrected chi connectivity index (χ3v) is 15.7. The molecule has 0 radical (unpaired) electrons. The van der Waals surface area contributed by atoms with Gasteiger partial charge in [0.25, 0.3) is 5.91 Å². The van der Waals surface area contributed by atoms with Crippen LogP contribution in [-0.4, -0.2) is 76.4 Å². The number of nitrogens with one attached hydrogen (secondary N) is 3. The molecule has 14 heteroatoms. The van der Waals surface area contributed by atoms with Crippen molar-refractivity contribution in [1.82, 2.24) is 19.6 Å². The third-order valence-electron chi connectivity index (χ3n) is 15.0. The number of hydrogen-bond acceptors (Lipinski definition) is 11. The van der Waals surface area contributed by atoms with E-state index in [-0.39, 0.29) is 17.3 Å². The molecule has 5 heterocycles. The minimum Gasteiger partial charge on any atom is -0.489 e. The van der Waals surface area contributed by atoms with Gasteiger partial charge in [-0.25, -0.2) is 9.37 Å². The Morgan fingerprint density at radius 3 is 2.62 bits per heavy atom. The molecule has 12 nitrogen and oxygen atoms in total. The summed E-state index contributed by atoms with van der Waals surface area (Å²) in [7, 11) is 0. The molecule has 2 aliphatic carbocycles. The molecule has 336 valence electrons. The number of halogens is 1. The first-order chi connectivity index (χ1) is 30.9. The Labute approximate surface area is 378 Å². The van der Waals surface area contributed by atoms with Crippen LogP contribution in [-0.2, 0) is 0 Å². The summed E-state index contributed by atoms with van der Waals surface area (Å²) in [6, 6.07) is 20.3. The van der Waals surface area contributed by atoms with Gasteiger partial charge in [0.2, 0.25) is 0 Å². The van der Waals surface area contributed by atoms with Gasteiger partial charge in [0.1, 0.15) is 46.7 Å². The molecule has 5 aromatic rings. The normalized spacial score (nSPS) is 25.4. The van der Waals surface area contributed by atoms with Gasteiger partial charge in [-0.2, -0.15) is 0 Å². The standard InChI is InChI=1S/C50H58FN7O5S/c1-30(2)35-7-4-5-8-36(35)37-9-6-10-43(37)58-28-50(29-58)17-19-57(20-18-50)32-11-12-38(44(21-32)63-33-22-39-40(51)26-53-47(39)52-25-33)48(59)56-64-34-23-41(55-61)46-45(24-34)62-27-42(54-46)31-13-15-49(3,60)16-14-31/h4-5,7-8,11-12,21-26,30-31,37,42-43,54,60H,6,9-10,13-20,27-29H2,1-3H3,(H,52,53)(H,56,59)/t31?,37-,42+,43-,49?/m0/s1. The quantitative estimate of drug-likeness (QED) is 0.0747. The lowest BCUT2D eigenvalue weighted by atomic mass is 9.70. The second kappa shape index (κ2) is 17.3. The highest BCUT2D eigenvalue weighted by Crippen LogP contribution is 2.49. The molecule has 3 atom stereocenters. The van der Waals surface area contributed by atoms with E-state index in [0.29, 0.717) is 74.7 Å². The van der Waals surface area contributed by atoms with Crippen molar-refractivity contribution in [3.8, 4) is 17.2 Å². The number of likely N-dealkylation sites (tertiary alicyclic amines) is 1. The van der Waals surface area contributed by atoms with Gasteiger partial charge in [-0.3, -0.25) is 14.4 Å². The maximum absolute atomic E-state index is 14.6. The maximum atomic E-state index is 14.6. The molecule has 2 aromatic heterocycles. The highest BCUT2D eigenvalue weighted by atomic mass is 32.2. The Kier molecular flexibility index (Phi) is 11.6. The fourth-order valence-electron chi connectivity index (χ4n) is 11.3. The molecule has 2 saturated carbocycles. The molecular weight excluding hydrogens is 830 g/mol. The summed E-state index contributed by atoms with van der Waals surface area (Å²) < 4.78 is 30.1. The number of hydrogen-bond donors (Lipinski definition) is 4. The Balaban J connectivity index is 0.825. The Bertz CT molecular complexity index is 2540. The number of carbonyl (C=O) groups is 1. The van der Waals surface area contributed by atoms with Crippen molar-refractivity contribution in [2.24, 2.45) is 16.5 Å². The van der Waals surface area contributed by atoms with Crippen molar-refractivity contribution in [2.45, 2.75) is 113 Å². The van der Waals surface area contributed by atoms with Crippen LogP contribution >= 0.6 is 11.9 Å². The monoisotopic (exact) mass is 887 g/mol. The number of pyridine rings is 1. The van der Waals surface area contributed by atoms with Gasteiger partial charge in [0.05, 0.1) is 28.8 Å². The smallest absolute Gasteiger partial charge is 0.265 e. The number of fused-ring (bicyclic) bond motifs is 2. The van der Waals surface area contributed by atoms with E-state index in [2.05, 4.69) is 73.1 Å². The number of amides is 1. The van der Waals surface area contributed by atoms with E-state index in [1.807, 2.05) is 19.1 Å². The summed E-state index contributed by atoms with van der Waals surface area (Å²) >= 11 is 1.05. The fourth-order valence-corrected chi connectivity index (χ4v) is 11.9. The van der Waals surface area contributed by atoms with Crippen molar-refractivity contribution >= 4 is 46.0 Å². The number of aliphatic hydroxyl groups is 1. The Morgan fingerprint density at radius 1 is 1.05 bits per heavy atom. The number of carbonyl (C=O) groups excluding carboxylic acids is 1. The molecule has 2 saturated heterocycles. The highest BCUT2D eigenvalue weighted by Gasteiger charge is 2.49. The van der Waals surface area contributed by atoms with Crippen LogP contribution in [0.4, 0.5) is 21.5 Å². The number of piperidine rings is 1. The van der Waals surface area contributed by atoms with E-state index >= 15 is 0 Å². The topological polar surface area (TPSA) is 144 Å². The highest BCUT2D eigenvalue weighted by molar-refractivity contribution is 7.98. The SMILES string of the molecule is CC(C)c1ccccc1[C@@H]1CCC[C@@H]1N1CC2(CCN(c3ccc(C(=O)NSc4cc(N=O)c5c(c4)OC[C@H](C4CCC(C)(O)CC4)N5)c(Oc4cnc5[nH]cc(F)c5c4)c3)CC2)C1. The summed E-state index contributed by atoms with van der Waals surface area (Å²) in [4.78, 5) is 39.0. The number of nitroso groups, excluding NO2 is 1. The number of H-pyrrole nitrogens is 1. The first-order valence-electron chi connectivity index (χ1n) is 23.1. The largest absolute Gasteiger partial charge is 0.489 e. The summed E-state index contributed by atoms with van der Waals surface area (Å²) in [5.74, 6) is 1.69. The molecule has 0 unspecified atom stereocenters. The van der Waals surface area contributed by atoms with E-state index < -0.39 is 17.3 Å².